The predicted molar refractivity (Wildman–Crippen MR) is 54.4 cm³/mol. The number of carbonyl (C=O) groups is 1. The summed E-state index contributed by atoms with van der Waals surface area (Å²) in [4.78, 5) is 13.9. The Hall–Kier alpha value is -0.530. The summed E-state index contributed by atoms with van der Waals surface area (Å²) in [6.07, 6.45) is 2.24. The topological polar surface area (TPSA) is 20.3 Å². The Bertz CT molecular complexity index is 189. The van der Waals surface area contributed by atoms with Crippen LogP contribution in [0, 0.1) is 11.8 Å². The summed E-state index contributed by atoms with van der Waals surface area (Å²) in [5.74, 6) is 1.16. The highest BCUT2D eigenvalue weighted by molar-refractivity contribution is 5.79. The fourth-order valence-electron chi connectivity index (χ4n) is 1.85. The van der Waals surface area contributed by atoms with Crippen molar-refractivity contribution in [1.29, 1.82) is 0 Å². The average molecular weight is 183 g/mol. The minimum absolute atomic E-state index is 0.245. The van der Waals surface area contributed by atoms with Gasteiger partial charge in [0.25, 0.3) is 0 Å². The molecule has 1 amide bonds. The van der Waals surface area contributed by atoms with Gasteiger partial charge in [-0.05, 0) is 25.7 Å². The minimum Gasteiger partial charge on any atom is -0.340 e. The molecule has 13 heavy (non-hydrogen) atoms. The van der Waals surface area contributed by atoms with E-state index in [1.165, 1.54) is 6.42 Å². The molecule has 2 unspecified atom stereocenters. The maximum absolute atomic E-state index is 11.8. The van der Waals surface area contributed by atoms with Crippen molar-refractivity contribution in [3.63, 3.8) is 0 Å². The summed E-state index contributed by atoms with van der Waals surface area (Å²) in [7, 11) is 0. The number of piperidine rings is 1. The molecular formula is C11H21NO. The fourth-order valence-corrected chi connectivity index (χ4v) is 1.85. The van der Waals surface area contributed by atoms with Gasteiger partial charge < -0.3 is 4.90 Å². The molecule has 1 heterocycles. The molecule has 1 saturated heterocycles. The lowest BCUT2D eigenvalue weighted by atomic mass is 9.95. The first-order valence-electron chi connectivity index (χ1n) is 5.34. The van der Waals surface area contributed by atoms with Crippen molar-refractivity contribution in [2.45, 2.75) is 46.6 Å². The lowest BCUT2D eigenvalue weighted by molar-refractivity contribution is -0.140. The van der Waals surface area contributed by atoms with Gasteiger partial charge in [-0.15, -0.1) is 0 Å². The molecule has 2 heteroatoms. The fraction of sp³-hybridized carbons (Fsp3) is 0.909. The van der Waals surface area contributed by atoms with Crippen molar-refractivity contribution in [3.05, 3.63) is 0 Å². The van der Waals surface area contributed by atoms with E-state index in [4.69, 9.17) is 0 Å². The predicted octanol–water partition coefficient (Wildman–Crippen LogP) is 2.29. The van der Waals surface area contributed by atoms with Crippen LogP contribution in [0.15, 0.2) is 0 Å². The van der Waals surface area contributed by atoms with Crippen LogP contribution in [0.2, 0.25) is 0 Å². The molecular weight excluding hydrogens is 162 g/mol. The lowest BCUT2D eigenvalue weighted by Crippen LogP contribution is -2.47. The monoisotopic (exact) mass is 183 g/mol. The van der Waals surface area contributed by atoms with Crippen molar-refractivity contribution < 1.29 is 4.79 Å². The Morgan fingerprint density at radius 2 is 2.00 bits per heavy atom. The number of likely N-dealkylation sites (tertiary alicyclic amines) is 1. The number of nitrogens with zero attached hydrogens (tertiary/aromatic N) is 1. The smallest absolute Gasteiger partial charge is 0.225 e. The van der Waals surface area contributed by atoms with Gasteiger partial charge in [0.15, 0.2) is 0 Å². The number of carbonyl (C=O) groups excluding carboxylic acids is 1. The van der Waals surface area contributed by atoms with Crippen LogP contribution in [0.3, 0.4) is 0 Å². The first-order valence-corrected chi connectivity index (χ1v) is 5.34. The van der Waals surface area contributed by atoms with Crippen molar-refractivity contribution in [2.75, 3.05) is 6.54 Å². The van der Waals surface area contributed by atoms with Crippen molar-refractivity contribution >= 4 is 5.91 Å². The second kappa shape index (κ2) is 4.12. The maximum atomic E-state index is 11.8. The van der Waals surface area contributed by atoms with Crippen LogP contribution in [-0.4, -0.2) is 23.4 Å². The third-order valence-electron chi connectivity index (χ3n) is 3.20. The zero-order valence-corrected chi connectivity index (χ0v) is 9.21. The highest BCUT2D eigenvalue weighted by Gasteiger charge is 2.29. The average Bonchev–Trinajstić information content (AvgIpc) is 2.08. The molecule has 0 aromatic heterocycles. The van der Waals surface area contributed by atoms with Gasteiger partial charge >= 0.3 is 0 Å². The van der Waals surface area contributed by atoms with E-state index in [1.54, 1.807) is 0 Å². The molecule has 0 bridgehead atoms. The van der Waals surface area contributed by atoms with Gasteiger partial charge in [0.2, 0.25) is 5.91 Å². The van der Waals surface area contributed by atoms with Crippen LogP contribution < -0.4 is 0 Å². The normalized spacial score (nSPS) is 26.7. The molecule has 0 aromatic carbocycles. The van der Waals surface area contributed by atoms with Gasteiger partial charge in [-0.1, -0.05) is 20.8 Å². The standard InChI is InChI=1S/C11H21NO/c1-8(2)10(4)12-7-5-6-9(3)11(12)13/h8-10H,5-7H2,1-4H3. The first-order chi connectivity index (χ1) is 6.04. The van der Waals surface area contributed by atoms with E-state index >= 15 is 0 Å². The first kappa shape index (κ1) is 10.6. The van der Waals surface area contributed by atoms with E-state index in [9.17, 15) is 4.79 Å². The SMILES string of the molecule is CC1CCCN(C(C)C(C)C)C1=O. The van der Waals surface area contributed by atoms with E-state index in [1.807, 2.05) is 6.92 Å². The molecule has 0 saturated carbocycles. The summed E-state index contributed by atoms with van der Waals surface area (Å²) < 4.78 is 0. The van der Waals surface area contributed by atoms with Gasteiger partial charge in [0, 0.05) is 18.5 Å². The molecule has 1 aliphatic heterocycles. The highest BCUT2D eigenvalue weighted by Crippen LogP contribution is 2.22. The van der Waals surface area contributed by atoms with Crippen LogP contribution >= 0.6 is 0 Å². The molecule has 1 aliphatic rings. The summed E-state index contributed by atoms with van der Waals surface area (Å²) >= 11 is 0. The van der Waals surface area contributed by atoms with Crippen molar-refractivity contribution in [2.24, 2.45) is 11.8 Å². The minimum atomic E-state index is 0.245. The maximum Gasteiger partial charge on any atom is 0.225 e. The zero-order valence-electron chi connectivity index (χ0n) is 9.21. The summed E-state index contributed by atoms with van der Waals surface area (Å²) in [6, 6.07) is 0.398. The third kappa shape index (κ3) is 2.23. The van der Waals surface area contributed by atoms with E-state index in [0.29, 0.717) is 17.9 Å². The summed E-state index contributed by atoms with van der Waals surface area (Å²) in [5, 5.41) is 0. The number of hydrogen-bond acceptors (Lipinski definition) is 1. The van der Waals surface area contributed by atoms with Gasteiger partial charge in [-0.2, -0.15) is 0 Å². The van der Waals surface area contributed by atoms with E-state index < -0.39 is 0 Å². The summed E-state index contributed by atoms with van der Waals surface area (Å²) in [5.41, 5.74) is 0. The van der Waals surface area contributed by atoms with Gasteiger partial charge in [-0.3, -0.25) is 4.79 Å². The molecule has 2 nitrogen and oxygen atoms in total. The van der Waals surface area contributed by atoms with Crippen LogP contribution in [0.25, 0.3) is 0 Å². The molecule has 1 fully saturated rings. The van der Waals surface area contributed by atoms with Gasteiger partial charge in [-0.25, -0.2) is 0 Å². The molecule has 0 spiro atoms. The number of amides is 1. The Balaban J connectivity index is 2.62. The molecule has 0 aliphatic carbocycles. The molecule has 1 rings (SSSR count). The van der Waals surface area contributed by atoms with Crippen molar-refractivity contribution in [1.82, 2.24) is 4.90 Å². The molecule has 76 valence electrons. The second-order valence-corrected chi connectivity index (χ2v) is 4.56. The third-order valence-corrected chi connectivity index (χ3v) is 3.20. The van der Waals surface area contributed by atoms with E-state index in [0.717, 1.165) is 13.0 Å². The largest absolute Gasteiger partial charge is 0.340 e. The molecule has 0 N–H and O–H groups in total. The Labute approximate surface area is 81.3 Å². The Morgan fingerprint density at radius 1 is 1.38 bits per heavy atom. The van der Waals surface area contributed by atoms with Crippen molar-refractivity contribution in [3.8, 4) is 0 Å². The van der Waals surface area contributed by atoms with Crippen LogP contribution in [0.5, 0.6) is 0 Å². The molecule has 2 atom stereocenters. The Kier molecular flexibility index (Phi) is 3.34. The lowest BCUT2D eigenvalue weighted by Gasteiger charge is -2.37. The quantitative estimate of drug-likeness (QED) is 0.643. The van der Waals surface area contributed by atoms with Crippen LogP contribution in [0.4, 0.5) is 0 Å². The van der Waals surface area contributed by atoms with Gasteiger partial charge in [0.05, 0.1) is 0 Å². The molecule has 0 aromatic rings. The zero-order chi connectivity index (χ0) is 10.0. The van der Waals surface area contributed by atoms with Crippen LogP contribution in [0.1, 0.15) is 40.5 Å². The van der Waals surface area contributed by atoms with E-state index in [-0.39, 0.29) is 5.92 Å². The van der Waals surface area contributed by atoms with Gasteiger partial charge in [0.1, 0.15) is 0 Å². The second-order valence-electron chi connectivity index (χ2n) is 4.56. The van der Waals surface area contributed by atoms with Crippen LogP contribution in [-0.2, 0) is 4.79 Å². The molecule has 0 radical (unpaired) electrons. The Morgan fingerprint density at radius 3 is 2.54 bits per heavy atom. The van der Waals surface area contributed by atoms with E-state index in [2.05, 4.69) is 25.7 Å². The highest BCUT2D eigenvalue weighted by atomic mass is 16.2. The number of hydrogen-bond donors (Lipinski definition) is 0. The number of rotatable bonds is 2. The summed E-state index contributed by atoms with van der Waals surface area (Å²) in [6.45, 7) is 9.51.